The Morgan fingerprint density at radius 3 is 2.50 bits per heavy atom. The molecule has 0 aliphatic rings. The summed E-state index contributed by atoms with van der Waals surface area (Å²) >= 11 is 0. The van der Waals surface area contributed by atoms with Gasteiger partial charge in [-0.2, -0.15) is 0 Å². The van der Waals surface area contributed by atoms with E-state index >= 15 is 0 Å². The molecular weight excluding hydrogens is 226 g/mol. The van der Waals surface area contributed by atoms with Gasteiger partial charge in [-0.1, -0.05) is 36.7 Å². The van der Waals surface area contributed by atoms with Crippen LogP contribution in [0.3, 0.4) is 0 Å². The molecule has 0 spiro atoms. The zero-order valence-corrected chi connectivity index (χ0v) is 11.4. The van der Waals surface area contributed by atoms with Crippen molar-refractivity contribution in [3.63, 3.8) is 0 Å². The maximum atomic E-state index is 8.68. The van der Waals surface area contributed by atoms with Crippen molar-refractivity contribution in [1.29, 1.82) is 0 Å². The summed E-state index contributed by atoms with van der Waals surface area (Å²) in [6.07, 6.45) is 1.85. The molecule has 0 saturated carbocycles. The molecule has 4 nitrogen and oxygen atoms in total. The molecule has 0 bridgehead atoms. The normalized spacial score (nSPS) is 12.5. The molecule has 18 heavy (non-hydrogen) atoms. The summed E-state index contributed by atoms with van der Waals surface area (Å²) in [5.41, 5.74) is 7.77. The smallest absolute Gasteiger partial charge is 0.144 e. The molecule has 100 valence electrons. The fourth-order valence-corrected chi connectivity index (χ4v) is 1.70. The molecule has 0 unspecified atom stereocenters. The minimum Gasteiger partial charge on any atom is -0.409 e. The second-order valence-electron chi connectivity index (χ2n) is 5.27. The van der Waals surface area contributed by atoms with Crippen LogP contribution < -0.4 is 11.1 Å². The summed E-state index contributed by atoms with van der Waals surface area (Å²) < 4.78 is 0. The van der Waals surface area contributed by atoms with E-state index in [4.69, 9.17) is 10.9 Å². The van der Waals surface area contributed by atoms with E-state index in [1.807, 2.05) is 13.8 Å². The van der Waals surface area contributed by atoms with Crippen LogP contribution in [-0.4, -0.2) is 17.6 Å². The van der Waals surface area contributed by atoms with Crippen molar-refractivity contribution in [2.24, 2.45) is 16.3 Å². The van der Waals surface area contributed by atoms with Gasteiger partial charge in [-0.15, -0.1) is 0 Å². The Labute approximate surface area is 109 Å². The van der Waals surface area contributed by atoms with Gasteiger partial charge in [0, 0.05) is 17.6 Å². The lowest BCUT2D eigenvalue weighted by Gasteiger charge is -2.22. The van der Waals surface area contributed by atoms with Gasteiger partial charge in [-0.25, -0.2) is 0 Å². The van der Waals surface area contributed by atoms with Crippen molar-refractivity contribution >= 4 is 11.5 Å². The Morgan fingerprint density at radius 1 is 1.33 bits per heavy atom. The lowest BCUT2D eigenvalue weighted by atomic mass is 9.86. The number of anilines is 1. The van der Waals surface area contributed by atoms with Gasteiger partial charge >= 0.3 is 0 Å². The Balaban J connectivity index is 2.33. The summed E-state index contributed by atoms with van der Waals surface area (Å²) in [4.78, 5) is 0. The highest BCUT2D eigenvalue weighted by molar-refractivity contribution is 5.85. The zero-order valence-electron chi connectivity index (χ0n) is 11.4. The summed E-state index contributed by atoms with van der Waals surface area (Å²) in [7, 11) is 0. The average molecular weight is 249 g/mol. The highest BCUT2D eigenvalue weighted by atomic mass is 16.4. The molecule has 4 heteroatoms. The predicted octanol–water partition coefficient (Wildman–Crippen LogP) is 2.96. The minimum atomic E-state index is -0.260. The number of aryl methyl sites for hydroxylation is 1. The molecule has 1 aromatic rings. The van der Waals surface area contributed by atoms with Gasteiger partial charge in [0.25, 0.3) is 0 Å². The van der Waals surface area contributed by atoms with Crippen LogP contribution in [0.15, 0.2) is 29.4 Å². The molecule has 0 aromatic heterocycles. The molecule has 4 N–H and O–H groups in total. The van der Waals surface area contributed by atoms with Crippen LogP contribution in [0, 0.1) is 12.3 Å². The SMILES string of the molecule is Cc1ccc(NCCCC(C)(C)C(N)=NO)cc1. The number of rotatable bonds is 6. The molecule has 0 saturated heterocycles. The van der Waals surface area contributed by atoms with Crippen LogP contribution in [0.1, 0.15) is 32.3 Å². The van der Waals surface area contributed by atoms with E-state index in [2.05, 4.69) is 41.7 Å². The third-order valence-corrected chi connectivity index (χ3v) is 3.16. The van der Waals surface area contributed by atoms with E-state index < -0.39 is 0 Å². The number of nitrogens with two attached hydrogens (primary N) is 1. The molecule has 0 heterocycles. The highest BCUT2D eigenvalue weighted by Crippen LogP contribution is 2.22. The minimum absolute atomic E-state index is 0.260. The Bertz CT molecular complexity index is 396. The maximum Gasteiger partial charge on any atom is 0.144 e. The van der Waals surface area contributed by atoms with Crippen LogP contribution in [0.25, 0.3) is 0 Å². The fraction of sp³-hybridized carbons (Fsp3) is 0.500. The van der Waals surface area contributed by atoms with Gasteiger partial charge in [0.15, 0.2) is 0 Å². The van der Waals surface area contributed by atoms with Gasteiger partial charge in [-0.3, -0.25) is 0 Å². The molecule has 0 fully saturated rings. The Morgan fingerprint density at radius 2 is 1.94 bits per heavy atom. The van der Waals surface area contributed by atoms with Crippen LogP contribution in [0.2, 0.25) is 0 Å². The third-order valence-electron chi connectivity index (χ3n) is 3.16. The Hall–Kier alpha value is -1.71. The maximum absolute atomic E-state index is 8.68. The van der Waals surface area contributed by atoms with Crippen molar-refractivity contribution in [3.05, 3.63) is 29.8 Å². The second kappa shape index (κ2) is 6.28. The van der Waals surface area contributed by atoms with Crippen LogP contribution >= 0.6 is 0 Å². The number of hydrogen-bond donors (Lipinski definition) is 3. The lowest BCUT2D eigenvalue weighted by Crippen LogP contribution is -2.32. The second-order valence-corrected chi connectivity index (χ2v) is 5.27. The molecule has 1 rings (SSSR count). The average Bonchev–Trinajstić information content (AvgIpc) is 2.35. The van der Waals surface area contributed by atoms with Crippen molar-refractivity contribution in [2.75, 3.05) is 11.9 Å². The largest absolute Gasteiger partial charge is 0.409 e. The van der Waals surface area contributed by atoms with Gasteiger partial charge < -0.3 is 16.3 Å². The molecule has 0 atom stereocenters. The topological polar surface area (TPSA) is 70.6 Å². The third kappa shape index (κ3) is 4.28. The fourth-order valence-electron chi connectivity index (χ4n) is 1.70. The van der Waals surface area contributed by atoms with E-state index in [9.17, 15) is 0 Å². The quantitative estimate of drug-likeness (QED) is 0.239. The van der Waals surface area contributed by atoms with Crippen LogP contribution in [0.4, 0.5) is 5.69 Å². The van der Waals surface area contributed by atoms with Crippen molar-refractivity contribution in [1.82, 2.24) is 0 Å². The molecule has 0 aliphatic heterocycles. The first-order valence-electron chi connectivity index (χ1n) is 6.24. The van der Waals surface area contributed by atoms with Gasteiger partial charge in [0.1, 0.15) is 5.84 Å². The number of nitrogens with one attached hydrogen (secondary N) is 1. The summed E-state index contributed by atoms with van der Waals surface area (Å²) in [6.45, 7) is 6.91. The first-order chi connectivity index (χ1) is 8.45. The number of nitrogens with zero attached hydrogens (tertiary/aromatic N) is 1. The molecule has 0 radical (unpaired) electrons. The van der Waals surface area contributed by atoms with Crippen LogP contribution in [-0.2, 0) is 0 Å². The molecular formula is C14H23N3O. The van der Waals surface area contributed by atoms with E-state index in [1.165, 1.54) is 5.56 Å². The van der Waals surface area contributed by atoms with Crippen molar-refractivity contribution in [3.8, 4) is 0 Å². The highest BCUT2D eigenvalue weighted by Gasteiger charge is 2.22. The van der Waals surface area contributed by atoms with Gasteiger partial charge in [-0.05, 0) is 31.9 Å². The van der Waals surface area contributed by atoms with Crippen molar-refractivity contribution in [2.45, 2.75) is 33.6 Å². The Kier molecular flexibility index (Phi) is 5.01. The lowest BCUT2D eigenvalue weighted by molar-refractivity contribution is 0.305. The van der Waals surface area contributed by atoms with Crippen LogP contribution in [0.5, 0.6) is 0 Å². The van der Waals surface area contributed by atoms with Gasteiger partial charge in [0.05, 0.1) is 0 Å². The van der Waals surface area contributed by atoms with Gasteiger partial charge in [0.2, 0.25) is 0 Å². The number of hydrogen-bond acceptors (Lipinski definition) is 3. The molecule has 0 amide bonds. The molecule has 1 aromatic carbocycles. The first-order valence-corrected chi connectivity index (χ1v) is 6.24. The first kappa shape index (κ1) is 14.4. The predicted molar refractivity (Wildman–Crippen MR) is 76.1 cm³/mol. The van der Waals surface area contributed by atoms with E-state index in [0.717, 1.165) is 25.1 Å². The standard InChI is InChI=1S/C14H23N3O/c1-11-5-7-12(8-6-11)16-10-4-9-14(2,3)13(15)17-18/h5-8,16,18H,4,9-10H2,1-3H3,(H2,15,17). The number of amidine groups is 1. The number of benzene rings is 1. The van der Waals surface area contributed by atoms with E-state index in [1.54, 1.807) is 0 Å². The van der Waals surface area contributed by atoms with Crippen molar-refractivity contribution < 1.29 is 5.21 Å². The summed E-state index contributed by atoms with van der Waals surface area (Å²) in [5.74, 6) is 0.290. The monoisotopic (exact) mass is 249 g/mol. The number of oxime groups is 1. The molecule has 0 aliphatic carbocycles. The zero-order chi connectivity index (χ0) is 13.6. The summed E-state index contributed by atoms with van der Waals surface area (Å²) in [6, 6.07) is 8.32. The van der Waals surface area contributed by atoms with E-state index in [-0.39, 0.29) is 11.3 Å². The van der Waals surface area contributed by atoms with E-state index in [0.29, 0.717) is 0 Å². The summed E-state index contributed by atoms with van der Waals surface area (Å²) in [5, 5.41) is 15.1.